The fraction of sp³-hybridized carbons (Fsp3) is 0.833. The van der Waals surface area contributed by atoms with Crippen molar-refractivity contribution in [3.63, 3.8) is 0 Å². The zero-order valence-corrected chi connectivity index (χ0v) is 31.0. The van der Waals surface area contributed by atoms with Gasteiger partial charge in [-0.15, -0.1) is 0 Å². The lowest BCUT2D eigenvalue weighted by Gasteiger charge is -2.56. The molecule has 5 fully saturated rings. The number of hydrogen-bond acceptors (Lipinski definition) is 7. The van der Waals surface area contributed by atoms with Crippen LogP contribution in [-0.2, 0) is 28.6 Å². The number of likely N-dealkylation sites (tertiary alicyclic amines) is 1. The van der Waals surface area contributed by atoms with Gasteiger partial charge in [-0.05, 0) is 126 Å². The molecular weight excluding hydrogens is 614 g/mol. The van der Waals surface area contributed by atoms with Crippen LogP contribution < -0.4 is 0 Å². The van der Waals surface area contributed by atoms with E-state index in [1.54, 1.807) is 0 Å². The van der Waals surface area contributed by atoms with Gasteiger partial charge in [0.05, 0.1) is 18.8 Å². The van der Waals surface area contributed by atoms with Crippen LogP contribution in [-0.4, -0.2) is 62.3 Å². The van der Waals surface area contributed by atoms with Crippen molar-refractivity contribution in [1.29, 1.82) is 0 Å². The molecule has 0 radical (unpaired) electrons. The molecule has 0 amide bonds. The topological polar surface area (TPSA) is 82.1 Å². The first-order valence-corrected chi connectivity index (χ1v) is 20.4. The minimum absolute atomic E-state index is 0.0977. The minimum Gasteiger partial charge on any atom is -0.465 e. The molecule has 278 valence electrons. The van der Waals surface area contributed by atoms with E-state index >= 15 is 0 Å². The first-order chi connectivity index (χ1) is 23.9. The first kappa shape index (κ1) is 39.6. The molecule has 0 N–H and O–H groups in total. The molecule has 0 aromatic rings. The number of carbonyl (C=O) groups is 3. The summed E-state index contributed by atoms with van der Waals surface area (Å²) in [6.07, 6.45) is 34.1. The van der Waals surface area contributed by atoms with Crippen LogP contribution in [0.25, 0.3) is 0 Å². The summed E-state index contributed by atoms with van der Waals surface area (Å²) in [4.78, 5) is 40.6. The van der Waals surface area contributed by atoms with Crippen LogP contribution in [0.2, 0.25) is 0 Å². The summed E-state index contributed by atoms with van der Waals surface area (Å²) in [5.74, 6) is 1.38. The van der Waals surface area contributed by atoms with E-state index in [1.165, 1.54) is 96.3 Å². The molecule has 4 aliphatic carbocycles. The number of nitrogens with zero attached hydrogens (tertiary/aromatic N) is 1. The summed E-state index contributed by atoms with van der Waals surface area (Å²) in [5, 5.41) is 0. The number of piperidine rings is 1. The van der Waals surface area contributed by atoms with Gasteiger partial charge in [0.1, 0.15) is 19.8 Å². The lowest BCUT2D eigenvalue weighted by molar-refractivity contribution is -0.157. The molecular formula is C42H69NO6. The molecule has 4 saturated carbocycles. The second-order valence-corrected chi connectivity index (χ2v) is 16.1. The maximum atomic E-state index is 13.1. The Labute approximate surface area is 298 Å². The van der Waals surface area contributed by atoms with E-state index in [4.69, 9.17) is 14.2 Å². The highest BCUT2D eigenvalue weighted by Gasteiger charge is 2.51. The van der Waals surface area contributed by atoms with Crippen molar-refractivity contribution in [2.45, 2.75) is 155 Å². The summed E-state index contributed by atoms with van der Waals surface area (Å²) in [6.45, 7) is 5.35. The van der Waals surface area contributed by atoms with E-state index in [0.29, 0.717) is 25.8 Å². The second-order valence-electron chi connectivity index (χ2n) is 16.1. The van der Waals surface area contributed by atoms with Gasteiger partial charge in [-0.3, -0.25) is 14.4 Å². The molecule has 0 aromatic heterocycles. The summed E-state index contributed by atoms with van der Waals surface area (Å²) < 4.78 is 17.1. The van der Waals surface area contributed by atoms with Crippen LogP contribution in [0, 0.1) is 29.1 Å². The highest BCUT2D eigenvalue weighted by atomic mass is 16.6. The van der Waals surface area contributed by atoms with Crippen molar-refractivity contribution in [1.82, 2.24) is 4.90 Å². The Hall–Kier alpha value is -2.15. The maximum absolute atomic E-state index is 13.1. The summed E-state index contributed by atoms with van der Waals surface area (Å²) in [5.41, 5.74) is 0.121. The fourth-order valence-electron chi connectivity index (χ4n) is 9.30. The molecule has 1 saturated heterocycles. The molecule has 7 heteroatoms. The highest BCUT2D eigenvalue weighted by Crippen LogP contribution is 2.61. The van der Waals surface area contributed by atoms with Crippen molar-refractivity contribution in [3.8, 4) is 0 Å². The Morgan fingerprint density at radius 3 is 1.80 bits per heavy atom. The van der Waals surface area contributed by atoms with Gasteiger partial charge < -0.3 is 19.1 Å². The van der Waals surface area contributed by atoms with E-state index in [-0.39, 0.29) is 49.1 Å². The number of hydrogen-bond donors (Lipinski definition) is 0. The zero-order valence-electron chi connectivity index (χ0n) is 31.0. The molecule has 1 unspecified atom stereocenters. The van der Waals surface area contributed by atoms with Gasteiger partial charge in [0, 0.05) is 13.0 Å². The van der Waals surface area contributed by atoms with Crippen LogP contribution in [0.4, 0.5) is 0 Å². The molecule has 1 aliphatic heterocycles. The number of rotatable bonds is 25. The van der Waals surface area contributed by atoms with Crippen molar-refractivity contribution in [2.24, 2.45) is 29.1 Å². The van der Waals surface area contributed by atoms with Gasteiger partial charge in [-0.2, -0.15) is 0 Å². The third-order valence-electron chi connectivity index (χ3n) is 11.5. The van der Waals surface area contributed by atoms with Gasteiger partial charge in [0.25, 0.3) is 0 Å². The van der Waals surface area contributed by atoms with Crippen molar-refractivity contribution >= 4 is 17.9 Å². The summed E-state index contributed by atoms with van der Waals surface area (Å²) in [7, 11) is 0. The van der Waals surface area contributed by atoms with E-state index in [2.05, 4.69) is 36.1 Å². The van der Waals surface area contributed by atoms with Crippen molar-refractivity contribution < 1.29 is 28.6 Å². The lowest BCUT2D eigenvalue weighted by Crippen LogP contribution is -2.47. The smallest absolute Gasteiger partial charge is 0.307 e. The average Bonchev–Trinajstić information content (AvgIpc) is 3.08. The third-order valence-corrected chi connectivity index (χ3v) is 11.5. The Balaban J connectivity index is 1.09. The molecule has 1 heterocycles. The molecule has 0 spiro atoms. The monoisotopic (exact) mass is 684 g/mol. The van der Waals surface area contributed by atoms with Gasteiger partial charge in [0.15, 0.2) is 0 Å². The molecule has 4 bridgehead atoms. The van der Waals surface area contributed by atoms with Gasteiger partial charge in [-0.25, -0.2) is 0 Å². The Bertz CT molecular complexity index is 995. The average molecular weight is 684 g/mol. The van der Waals surface area contributed by atoms with E-state index in [1.807, 2.05) is 0 Å². The van der Waals surface area contributed by atoms with Crippen molar-refractivity contribution in [2.75, 3.05) is 39.5 Å². The number of ether oxygens (including phenoxy) is 3. The van der Waals surface area contributed by atoms with Crippen LogP contribution >= 0.6 is 0 Å². The highest BCUT2D eigenvalue weighted by molar-refractivity contribution is 5.71. The van der Waals surface area contributed by atoms with E-state index < -0.39 is 0 Å². The number of esters is 3. The van der Waals surface area contributed by atoms with Gasteiger partial charge >= 0.3 is 17.9 Å². The summed E-state index contributed by atoms with van der Waals surface area (Å²) in [6, 6.07) is 0. The largest absolute Gasteiger partial charge is 0.465 e. The van der Waals surface area contributed by atoms with Crippen LogP contribution in [0.15, 0.2) is 24.3 Å². The standard InChI is InChI=1S/C42H69NO6/c1-2-3-4-5-6-7-8-9-10-11-12-13-14-15-17-20-39(44)47-32-38(33-48-40(45)21-24-43-22-18-16-19-23-43)34-49-41(46)31-42-28-35-25-36(29-42)27-37(26-35)30-42/h6-7,9-10,35-38H,2-5,8,11-34H2,1H3/b7-6-,10-9-. The number of allylic oxidation sites excluding steroid dienone is 4. The van der Waals surface area contributed by atoms with Crippen LogP contribution in [0.5, 0.6) is 0 Å². The molecule has 5 rings (SSSR count). The lowest BCUT2D eigenvalue weighted by atomic mass is 9.49. The number of unbranched alkanes of at least 4 members (excludes halogenated alkanes) is 8. The third kappa shape index (κ3) is 15.7. The zero-order chi connectivity index (χ0) is 34.6. The van der Waals surface area contributed by atoms with Gasteiger partial charge in [-0.1, -0.05) is 69.8 Å². The maximum Gasteiger partial charge on any atom is 0.307 e. The molecule has 5 aliphatic rings. The summed E-state index contributed by atoms with van der Waals surface area (Å²) >= 11 is 0. The predicted octanol–water partition coefficient (Wildman–Crippen LogP) is 9.53. The molecule has 0 aromatic carbocycles. The van der Waals surface area contributed by atoms with Crippen LogP contribution in [0.1, 0.15) is 155 Å². The first-order valence-electron chi connectivity index (χ1n) is 20.4. The molecule has 7 nitrogen and oxygen atoms in total. The Morgan fingerprint density at radius 1 is 0.653 bits per heavy atom. The predicted molar refractivity (Wildman–Crippen MR) is 196 cm³/mol. The molecule has 1 atom stereocenters. The van der Waals surface area contributed by atoms with Crippen LogP contribution in [0.3, 0.4) is 0 Å². The van der Waals surface area contributed by atoms with E-state index in [0.717, 1.165) is 62.9 Å². The number of carbonyl (C=O) groups excluding carboxylic acids is 3. The normalized spacial score (nSPS) is 25.6. The second kappa shape index (κ2) is 22.6. The van der Waals surface area contributed by atoms with Gasteiger partial charge in [0.2, 0.25) is 0 Å². The SMILES string of the molecule is CCCCC/C=C\C/C=C\CCCCCCCC(=O)OCC(COC(=O)CCN1CCCCC1)COC(=O)CC12CC3CC(CC(C3)C1)C2. The fourth-order valence-corrected chi connectivity index (χ4v) is 9.30. The minimum atomic E-state index is -0.354. The quantitative estimate of drug-likeness (QED) is 0.0410. The Morgan fingerprint density at radius 2 is 1.18 bits per heavy atom. The Kier molecular flexibility index (Phi) is 18.3. The molecule has 49 heavy (non-hydrogen) atoms. The van der Waals surface area contributed by atoms with E-state index in [9.17, 15) is 14.4 Å². The van der Waals surface area contributed by atoms with Crippen molar-refractivity contribution in [3.05, 3.63) is 24.3 Å².